The number of aromatic nitrogens is 1. The number of piperidine rings is 1. The van der Waals surface area contributed by atoms with Crippen molar-refractivity contribution in [2.24, 2.45) is 11.8 Å². The highest BCUT2D eigenvalue weighted by Gasteiger charge is 2.27. The van der Waals surface area contributed by atoms with E-state index in [9.17, 15) is 9.59 Å². The van der Waals surface area contributed by atoms with E-state index < -0.39 is 0 Å². The number of carbonyl (C=O) groups excluding carboxylic acids is 2. The van der Waals surface area contributed by atoms with E-state index in [0.29, 0.717) is 28.7 Å². The molecule has 2 aromatic rings. The van der Waals surface area contributed by atoms with Crippen LogP contribution >= 0.6 is 11.8 Å². The van der Waals surface area contributed by atoms with Gasteiger partial charge in [-0.25, -0.2) is 4.98 Å². The average Bonchev–Trinajstić information content (AvgIpc) is 2.67. The number of pyridine rings is 1. The number of likely N-dealkylation sites (tertiary alicyclic amines) is 1. The molecule has 5 nitrogen and oxygen atoms in total. The van der Waals surface area contributed by atoms with Crippen LogP contribution < -0.4 is 5.32 Å². The van der Waals surface area contributed by atoms with Crippen LogP contribution in [0.25, 0.3) is 0 Å². The quantitative estimate of drug-likeness (QED) is 0.751. The Hall–Kier alpha value is -2.34. The zero-order valence-electron chi connectivity index (χ0n) is 16.6. The van der Waals surface area contributed by atoms with Crippen molar-refractivity contribution >= 4 is 29.3 Å². The molecule has 1 fully saturated rings. The second-order valence-corrected chi connectivity index (χ2v) is 8.76. The van der Waals surface area contributed by atoms with Gasteiger partial charge in [0.2, 0.25) is 0 Å². The van der Waals surface area contributed by atoms with Gasteiger partial charge in [0.25, 0.3) is 11.8 Å². The fourth-order valence-corrected chi connectivity index (χ4v) is 4.39. The van der Waals surface area contributed by atoms with Gasteiger partial charge in [-0.05, 0) is 48.3 Å². The number of benzene rings is 1. The summed E-state index contributed by atoms with van der Waals surface area (Å²) in [7, 11) is 0. The SMILES string of the molecule is CCSc1cc(C(=O)Nc2ccccc2C(=O)N2CC(C)CC(C)C2)ccn1. The van der Waals surface area contributed by atoms with E-state index in [4.69, 9.17) is 0 Å². The fourth-order valence-electron chi connectivity index (χ4n) is 3.75. The molecule has 0 spiro atoms. The van der Waals surface area contributed by atoms with Crippen LogP contribution in [0.2, 0.25) is 0 Å². The summed E-state index contributed by atoms with van der Waals surface area (Å²) in [6, 6.07) is 10.7. The van der Waals surface area contributed by atoms with Crippen molar-refractivity contribution in [3.05, 3.63) is 53.7 Å². The third-order valence-electron chi connectivity index (χ3n) is 4.85. The smallest absolute Gasteiger partial charge is 0.255 e. The summed E-state index contributed by atoms with van der Waals surface area (Å²) in [5, 5.41) is 3.73. The number of nitrogens with zero attached hydrogens (tertiary/aromatic N) is 2. The Morgan fingerprint density at radius 1 is 1.18 bits per heavy atom. The number of hydrogen-bond donors (Lipinski definition) is 1. The lowest BCUT2D eigenvalue weighted by atomic mass is 9.91. The summed E-state index contributed by atoms with van der Waals surface area (Å²) >= 11 is 1.59. The molecular formula is C22H27N3O2S. The van der Waals surface area contributed by atoms with Crippen molar-refractivity contribution in [3.8, 4) is 0 Å². The van der Waals surface area contributed by atoms with Gasteiger partial charge in [0.15, 0.2) is 0 Å². The number of para-hydroxylation sites is 1. The Kier molecular flexibility index (Phi) is 6.73. The third-order valence-corrected chi connectivity index (χ3v) is 5.66. The molecule has 148 valence electrons. The van der Waals surface area contributed by atoms with Crippen molar-refractivity contribution in [1.82, 2.24) is 9.88 Å². The summed E-state index contributed by atoms with van der Waals surface area (Å²) in [6.45, 7) is 7.92. The topological polar surface area (TPSA) is 62.3 Å². The molecule has 2 amide bonds. The minimum Gasteiger partial charge on any atom is -0.338 e. The van der Waals surface area contributed by atoms with Crippen molar-refractivity contribution in [2.75, 3.05) is 24.2 Å². The highest BCUT2D eigenvalue weighted by atomic mass is 32.2. The van der Waals surface area contributed by atoms with Gasteiger partial charge < -0.3 is 10.2 Å². The number of thioether (sulfide) groups is 1. The zero-order valence-corrected chi connectivity index (χ0v) is 17.5. The maximum Gasteiger partial charge on any atom is 0.255 e. The van der Waals surface area contributed by atoms with E-state index in [2.05, 4.69) is 24.1 Å². The van der Waals surface area contributed by atoms with Crippen molar-refractivity contribution < 1.29 is 9.59 Å². The molecule has 1 aliphatic heterocycles. The standard InChI is InChI=1S/C22H27N3O2S/c1-4-28-20-12-17(9-10-23-20)21(26)24-19-8-6-5-7-18(19)22(27)25-13-15(2)11-16(3)14-25/h5-10,12,15-16H,4,11,13-14H2,1-3H3,(H,24,26). The maximum atomic E-state index is 13.1. The molecule has 0 radical (unpaired) electrons. The van der Waals surface area contributed by atoms with Gasteiger partial charge in [-0.2, -0.15) is 0 Å². The van der Waals surface area contributed by atoms with E-state index in [1.807, 2.05) is 24.0 Å². The first-order valence-corrected chi connectivity index (χ1v) is 10.7. The summed E-state index contributed by atoms with van der Waals surface area (Å²) in [6.07, 6.45) is 2.78. The predicted octanol–water partition coefficient (Wildman–Crippen LogP) is 4.56. The van der Waals surface area contributed by atoms with Crippen molar-refractivity contribution in [1.29, 1.82) is 0 Å². The van der Waals surface area contributed by atoms with Gasteiger partial charge in [0.05, 0.1) is 16.3 Å². The van der Waals surface area contributed by atoms with Gasteiger partial charge in [-0.1, -0.05) is 32.9 Å². The Bertz CT molecular complexity index is 845. The largest absolute Gasteiger partial charge is 0.338 e. The van der Waals surface area contributed by atoms with Gasteiger partial charge >= 0.3 is 0 Å². The van der Waals surface area contributed by atoms with Gasteiger partial charge in [-0.3, -0.25) is 9.59 Å². The van der Waals surface area contributed by atoms with E-state index in [1.165, 1.54) is 0 Å². The monoisotopic (exact) mass is 397 g/mol. The molecule has 1 aromatic heterocycles. The molecular weight excluding hydrogens is 370 g/mol. The molecule has 2 atom stereocenters. The van der Waals surface area contributed by atoms with Gasteiger partial charge in [0.1, 0.15) is 0 Å². The Labute approximate surface area is 170 Å². The lowest BCUT2D eigenvalue weighted by molar-refractivity contribution is 0.0624. The van der Waals surface area contributed by atoms with Crippen LogP contribution in [0.3, 0.4) is 0 Å². The maximum absolute atomic E-state index is 13.1. The number of rotatable bonds is 5. The predicted molar refractivity (Wildman–Crippen MR) is 114 cm³/mol. The summed E-state index contributed by atoms with van der Waals surface area (Å²) < 4.78 is 0. The lowest BCUT2D eigenvalue weighted by Crippen LogP contribution is -2.42. The van der Waals surface area contributed by atoms with Crippen LogP contribution in [-0.4, -0.2) is 40.5 Å². The molecule has 6 heteroatoms. The van der Waals surface area contributed by atoms with Crippen molar-refractivity contribution in [2.45, 2.75) is 32.2 Å². The van der Waals surface area contributed by atoms with Crippen LogP contribution in [0.4, 0.5) is 5.69 Å². The highest BCUT2D eigenvalue weighted by Crippen LogP contribution is 2.25. The average molecular weight is 398 g/mol. The van der Waals surface area contributed by atoms with E-state index in [0.717, 1.165) is 30.3 Å². The molecule has 1 N–H and O–H groups in total. The molecule has 1 saturated heterocycles. The van der Waals surface area contributed by atoms with Crippen LogP contribution in [-0.2, 0) is 0 Å². The molecule has 2 heterocycles. The first kappa shape index (κ1) is 20.4. The lowest BCUT2D eigenvalue weighted by Gasteiger charge is -2.35. The fraction of sp³-hybridized carbons (Fsp3) is 0.409. The molecule has 1 aromatic carbocycles. The van der Waals surface area contributed by atoms with Gasteiger partial charge in [-0.15, -0.1) is 11.8 Å². The molecule has 3 rings (SSSR count). The molecule has 28 heavy (non-hydrogen) atoms. The molecule has 2 unspecified atom stereocenters. The first-order chi connectivity index (χ1) is 13.5. The normalized spacial score (nSPS) is 19.3. The summed E-state index contributed by atoms with van der Waals surface area (Å²) in [5.74, 6) is 1.61. The number of carbonyl (C=O) groups is 2. The zero-order chi connectivity index (χ0) is 20.1. The van der Waals surface area contributed by atoms with Crippen LogP contribution in [0.1, 0.15) is 47.9 Å². The minimum absolute atomic E-state index is 0.0220. The third kappa shape index (κ3) is 4.93. The Morgan fingerprint density at radius 2 is 1.89 bits per heavy atom. The van der Waals surface area contributed by atoms with Gasteiger partial charge in [0, 0.05) is 24.8 Å². The Morgan fingerprint density at radius 3 is 2.61 bits per heavy atom. The van der Waals surface area contributed by atoms with E-state index in [1.54, 1.807) is 42.2 Å². The van der Waals surface area contributed by atoms with Crippen LogP contribution in [0, 0.1) is 11.8 Å². The number of anilines is 1. The number of nitrogens with one attached hydrogen (secondary N) is 1. The minimum atomic E-state index is -0.235. The second-order valence-electron chi connectivity index (χ2n) is 7.47. The van der Waals surface area contributed by atoms with Crippen molar-refractivity contribution in [3.63, 3.8) is 0 Å². The molecule has 0 bridgehead atoms. The number of hydrogen-bond acceptors (Lipinski definition) is 4. The highest BCUT2D eigenvalue weighted by molar-refractivity contribution is 7.99. The van der Waals surface area contributed by atoms with Crippen LogP contribution in [0.15, 0.2) is 47.6 Å². The number of amides is 2. The first-order valence-electron chi connectivity index (χ1n) is 9.76. The van der Waals surface area contributed by atoms with E-state index in [-0.39, 0.29) is 11.8 Å². The van der Waals surface area contributed by atoms with E-state index >= 15 is 0 Å². The Balaban J connectivity index is 1.79. The molecule has 0 saturated carbocycles. The second kappa shape index (κ2) is 9.24. The summed E-state index contributed by atoms with van der Waals surface area (Å²) in [5.41, 5.74) is 1.62. The summed E-state index contributed by atoms with van der Waals surface area (Å²) in [4.78, 5) is 32.1. The van der Waals surface area contributed by atoms with Crippen LogP contribution in [0.5, 0.6) is 0 Å². The molecule has 0 aliphatic carbocycles. The molecule has 1 aliphatic rings.